The Bertz CT molecular complexity index is 476. The summed E-state index contributed by atoms with van der Waals surface area (Å²) >= 11 is 0. The number of allylic oxidation sites excluding steroid dienone is 1. The summed E-state index contributed by atoms with van der Waals surface area (Å²) in [6.07, 6.45) is 1.12. The number of hydrogen-bond donors (Lipinski definition) is 0. The molecule has 126 valence electrons. The summed E-state index contributed by atoms with van der Waals surface area (Å²) in [7, 11) is -1.56. The van der Waals surface area contributed by atoms with Crippen LogP contribution in [0.3, 0.4) is 0 Å². The number of ether oxygens (including phenoxy) is 2. The van der Waals surface area contributed by atoms with Crippen LogP contribution in [0.5, 0.6) is 0 Å². The van der Waals surface area contributed by atoms with Gasteiger partial charge in [-0.3, -0.25) is 9.00 Å². The number of carbonyl (C=O) groups excluding carboxylic acids is 2. The lowest BCUT2D eigenvalue weighted by Crippen LogP contribution is -2.46. The molecule has 0 saturated heterocycles. The minimum Gasteiger partial charge on any atom is -0.462 e. The minimum atomic E-state index is -1.56. The van der Waals surface area contributed by atoms with E-state index in [2.05, 4.69) is 0 Å². The van der Waals surface area contributed by atoms with Gasteiger partial charge in [0.25, 0.3) is 0 Å². The predicted octanol–water partition coefficient (Wildman–Crippen LogP) is 1.47. The van der Waals surface area contributed by atoms with Crippen molar-refractivity contribution in [3.05, 3.63) is 10.6 Å². The van der Waals surface area contributed by atoms with Gasteiger partial charge in [-0.05, 0) is 20.3 Å². The zero-order valence-corrected chi connectivity index (χ0v) is 14.2. The van der Waals surface area contributed by atoms with Crippen LogP contribution in [-0.2, 0) is 34.7 Å². The fourth-order valence-electron chi connectivity index (χ4n) is 1.94. The van der Waals surface area contributed by atoms with Crippen LogP contribution >= 0.6 is 0 Å². The van der Waals surface area contributed by atoms with Crippen molar-refractivity contribution < 1.29 is 28.1 Å². The maximum absolute atomic E-state index is 12.3. The lowest BCUT2D eigenvalue weighted by atomic mass is 10.3. The van der Waals surface area contributed by atoms with E-state index in [-0.39, 0.29) is 23.0 Å². The van der Waals surface area contributed by atoms with Gasteiger partial charge in [0.05, 0.1) is 28.9 Å². The van der Waals surface area contributed by atoms with Crippen LogP contribution in [0, 0.1) is 0 Å². The number of hydrogen-bond acceptors (Lipinski definition) is 7. The summed E-state index contributed by atoms with van der Waals surface area (Å²) in [6.45, 7) is 7.14. The van der Waals surface area contributed by atoms with Crippen LogP contribution < -0.4 is 0 Å². The third kappa shape index (κ3) is 4.81. The van der Waals surface area contributed by atoms with Crippen molar-refractivity contribution in [2.24, 2.45) is 0 Å². The third-order valence-electron chi connectivity index (χ3n) is 2.94. The Morgan fingerprint density at radius 2 is 2.05 bits per heavy atom. The largest absolute Gasteiger partial charge is 0.462 e. The number of carbonyl (C=O) groups is 2. The normalized spacial score (nSPS) is 21.7. The van der Waals surface area contributed by atoms with Gasteiger partial charge in [0.15, 0.2) is 6.23 Å². The lowest BCUT2D eigenvalue weighted by molar-refractivity contribution is -0.222. The average molecular weight is 333 g/mol. The first-order valence-electron chi connectivity index (χ1n) is 7.28. The molecule has 0 aromatic rings. The van der Waals surface area contributed by atoms with Gasteiger partial charge < -0.3 is 14.3 Å². The Morgan fingerprint density at radius 1 is 1.36 bits per heavy atom. The highest BCUT2D eigenvalue weighted by Crippen LogP contribution is 2.26. The molecule has 0 radical (unpaired) electrons. The minimum absolute atomic E-state index is 0.0124. The van der Waals surface area contributed by atoms with Gasteiger partial charge in [0, 0.05) is 13.5 Å². The molecule has 0 bridgehead atoms. The van der Waals surface area contributed by atoms with Crippen LogP contribution in [0.2, 0.25) is 0 Å². The fraction of sp³-hybridized carbons (Fsp3) is 0.714. The standard InChI is InChI=1S/C14H23NO6S/c1-5-7-8-20-12-9-22(18)13(14(17)19-6-2)10(3)15(12)21-11(4)16/h12H,5-9H2,1-4H3/t12-,22?/m0/s1. The van der Waals surface area contributed by atoms with Gasteiger partial charge in [0.1, 0.15) is 4.91 Å². The zero-order valence-electron chi connectivity index (χ0n) is 13.4. The summed E-state index contributed by atoms with van der Waals surface area (Å²) in [5, 5.41) is 1.21. The quantitative estimate of drug-likeness (QED) is 0.515. The van der Waals surface area contributed by atoms with E-state index in [4.69, 9.17) is 14.3 Å². The molecule has 1 aliphatic rings. The number of nitrogens with zero attached hydrogens (tertiary/aromatic N) is 1. The van der Waals surface area contributed by atoms with Gasteiger partial charge >= 0.3 is 11.9 Å². The van der Waals surface area contributed by atoms with Crippen molar-refractivity contribution >= 4 is 22.7 Å². The van der Waals surface area contributed by atoms with Crippen molar-refractivity contribution in [3.63, 3.8) is 0 Å². The molecular weight excluding hydrogens is 310 g/mol. The van der Waals surface area contributed by atoms with Crippen molar-refractivity contribution in [3.8, 4) is 0 Å². The molecule has 7 nitrogen and oxygen atoms in total. The third-order valence-corrected chi connectivity index (χ3v) is 4.44. The molecule has 0 aromatic carbocycles. The molecule has 1 unspecified atom stereocenters. The van der Waals surface area contributed by atoms with E-state index in [9.17, 15) is 13.8 Å². The summed E-state index contributed by atoms with van der Waals surface area (Å²) in [5.41, 5.74) is 0.278. The number of esters is 1. The Morgan fingerprint density at radius 3 is 2.59 bits per heavy atom. The van der Waals surface area contributed by atoms with E-state index in [1.165, 1.54) is 12.0 Å². The van der Waals surface area contributed by atoms with Crippen molar-refractivity contribution in [2.75, 3.05) is 19.0 Å². The SMILES string of the molecule is CCCCO[C@H]1CS(=O)C(C(=O)OCC)=C(C)N1OC(C)=O. The maximum atomic E-state index is 12.3. The molecule has 0 aromatic heterocycles. The second-order valence-corrected chi connectivity index (χ2v) is 6.17. The molecule has 0 N–H and O–H groups in total. The van der Waals surface area contributed by atoms with Crippen molar-refractivity contribution in [1.82, 2.24) is 5.06 Å². The van der Waals surface area contributed by atoms with Gasteiger partial charge in [0.2, 0.25) is 0 Å². The molecular formula is C14H23NO6S. The van der Waals surface area contributed by atoms with Crippen LogP contribution in [0.4, 0.5) is 0 Å². The lowest BCUT2D eigenvalue weighted by Gasteiger charge is -2.35. The highest BCUT2D eigenvalue weighted by molar-refractivity contribution is 7.90. The number of unbranched alkanes of at least 4 members (excludes halogenated alkanes) is 1. The fourth-order valence-corrected chi connectivity index (χ4v) is 3.27. The monoisotopic (exact) mass is 333 g/mol. The Balaban J connectivity index is 3.03. The first-order valence-corrected chi connectivity index (χ1v) is 8.59. The summed E-state index contributed by atoms with van der Waals surface area (Å²) in [5.74, 6) is -1.16. The molecule has 22 heavy (non-hydrogen) atoms. The van der Waals surface area contributed by atoms with E-state index in [1.807, 2.05) is 6.92 Å². The highest BCUT2D eigenvalue weighted by atomic mass is 32.2. The van der Waals surface area contributed by atoms with Crippen molar-refractivity contribution in [1.29, 1.82) is 0 Å². The van der Waals surface area contributed by atoms with E-state index in [1.54, 1.807) is 13.8 Å². The Labute approximate surface area is 133 Å². The van der Waals surface area contributed by atoms with Gasteiger partial charge in [-0.1, -0.05) is 13.3 Å². The molecule has 0 aliphatic carbocycles. The van der Waals surface area contributed by atoms with Crippen LogP contribution in [0.25, 0.3) is 0 Å². The van der Waals surface area contributed by atoms with Crippen LogP contribution in [-0.4, -0.2) is 46.4 Å². The van der Waals surface area contributed by atoms with Crippen molar-refractivity contribution in [2.45, 2.75) is 46.8 Å². The number of hydroxylamine groups is 2. The second kappa shape index (κ2) is 8.89. The molecule has 0 spiro atoms. The van der Waals surface area contributed by atoms with E-state index in [0.717, 1.165) is 12.8 Å². The van der Waals surface area contributed by atoms with Gasteiger partial charge in [-0.2, -0.15) is 5.06 Å². The molecule has 8 heteroatoms. The average Bonchev–Trinajstić information content (AvgIpc) is 2.43. The van der Waals surface area contributed by atoms with Crippen LogP contribution in [0.1, 0.15) is 40.5 Å². The first kappa shape index (κ1) is 18.6. The van der Waals surface area contributed by atoms with E-state index >= 15 is 0 Å². The van der Waals surface area contributed by atoms with Crippen LogP contribution in [0.15, 0.2) is 10.6 Å². The van der Waals surface area contributed by atoms with Gasteiger partial charge in [-0.25, -0.2) is 4.79 Å². The van der Waals surface area contributed by atoms with Gasteiger partial charge in [-0.15, -0.1) is 0 Å². The van der Waals surface area contributed by atoms with E-state index < -0.39 is 29.0 Å². The summed E-state index contributed by atoms with van der Waals surface area (Å²) in [4.78, 5) is 28.4. The zero-order chi connectivity index (χ0) is 16.7. The smallest absolute Gasteiger partial charge is 0.349 e. The summed E-state index contributed by atoms with van der Waals surface area (Å²) in [6, 6.07) is 0. The molecule has 1 aliphatic heterocycles. The first-order chi connectivity index (χ1) is 10.4. The molecule has 1 heterocycles. The second-order valence-electron chi connectivity index (χ2n) is 4.73. The molecule has 0 fully saturated rings. The topological polar surface area (TPSA) is 82.1 Å². The molecule has 0 amide bonds. The molecule has 0 saturated carbocycles. The van der Waals surface area contributed by atoms with E-state index in [0.29, 0.717) is 6.61 Å². The molecule has 2 atom stereocenters. The summed E-state index contributed by atoms with van der Waals surface area (Å²) < 4.78 is 22.8. The Hall–Kier alpha value is -1.41. The molecule has 1 rings (SSSR count). The Kier molecular flexibility index (Phi) is 7.53. The highest BCUT2D eigenvalue weighted by Gasteiger charge is 2.37. The predicted molar refractivity (Wildman–Crippen MR) is 80.6 cm³/mol. The maximum Gasteiger partial charge on any atom is 0.349 e. The number of rotatable bonds is 7.